The summed E-state index contributed by atoms with van der Waals surface area (Å²) in [7, 11) is 0. The van der Waals surface area contributed by atoms with Crippen LogP contribution in [0.5, 0.6) is 0 Å². The number of hydrogen-bond acceptors (Lipinski definition) is 5. The number of carbonyl (C=O) groups is 1. The predicted molar refractivity (Wildman–Crippen MR) is 129 cm³/mol. The fourth-order valence-electron chi connectivity index (χ4n) is 3.68. The van der Waals surface area contributed by atoms with Crippen molar-refractivity contribution in [3.05, 3.63) is 108 Å². The van der Waals surface area contributed by atoms with Crippen LogP contribution in [0, 0.1) is 11.6 Å². The van der Waals surface area contributed by atoms with Crippen molar-refractivity contribution in [1.82, 2.24) is 25.2 Å². The largest absolute Gasteiger partial charge is 0.352 e. The third kappa shape index (κ3) is 5.35. The van der Waals surface area contributed by atoms with Gasteiger partial charge in [0.25, 0.3) is 0 Å². The number of nitrogens with one attached hydrogen (secondary N) is 1. The van der Waals surface area contributed by atoms with E-state index in [1.165, 1.54) is 24.3 Å². The number of rotatable bonds is 8. The zero-order valence-electron chi connectivity index (χ0n) is 19.1. The van der Waals surface area contributed by atoms with Crippen LogP contribution in [0.25, 0.3) is 28.3 Å². The summed E-state index contributed by atoms with van der Waals surface area (Å²) in [5.74, 6) is -0.235. The molecule has 0 saturated heterocycles. The number of carbonyl (C=O) groups excluding carboxylic acids is 1. The molecule has 5 aromatic rings. The third-order valence-corrected chi connectivity index (χ3v) is 5.54. The molecule has 0 radical (unpaired) electrons. The van der Waals surface area contributed by atoms with E-state index in [-0.39, 0.29) is 36.9 Å². The van der Waals surface area contributed by atoms with Crippen molar-refractivity contribution < 1.29 is 18.1 Å². The van der Waals surface area contributed by atoms with E-state index >= 15 is 0 Å². The Morgan fingerprint density at radius 3 is 2.25 bits per heavy atom. The van der Waals surface area contributed by atoms with E-state index in [0.29, 0.717) is 23.0 Å². The molecule has 0 atom stereocenters. The fraction of sp³-hybridized carbons (Fsp3) is 0.111. The van der Waals surface area contributed by atoms with E-state index < -0.39 is 0 Å². The van der Waals surface area contributed by atoms with Gasteiger partial charge >= 0.3 is 0 Å². The molecule has 0 spiro atoms. The van der Waals surface area contributed by atoms with E-state index in [0.717, 1.165) is 16.8 Å². The van der Waals surface area contributed by atoms with Crippen molar-refractivity contribution in [2.45, 2.75) is 19.4 Å². The lowest BCUT2D eigenvalue weighted by molar-refractivity contribution is -0.121. The fourth-order valence-corrected chi connectivity index (χ4v) is 3.68. The van der Waals surface area contributed by atoms with E-state index in [1.54, 1.807) is 28.9 Å². The highest BCUT2D eigenvalue weighted by Gasteiger charge is 2.15. The Kier molecular flexibility index (Phi) is 6.61. The zero-order chi connectivity index (χ0) is 24.9. The second kappa shape index (κ2) is 10.3. The second-order valence-electron chi connectivity index (χ2n) is 8.09. The first kappa shape index (κ1) is 23.1. The van der Waals surface area contributed by atoms with Crippen LogP contribution in [0.4, 0.5) is 8.78 Å². The summed E-state index contributed by atoms with van der Waals surface area (Å²) >= 11 is 0. The molecule has 2 heterocycles. The van der Waals surface area contributed by atoms with Crippen LogP contribution in [0.3, 0.4) is 0 Å². The molecule has 2 aromatic heterocycles. The summed E-state index contributed by atoms with van der Waals surface area (Å²) in [6.07, 6.45) is 2.25. The SMILES string of the molecule is O=C(CCc1nc(-c2ccc(F)cc2)no1)NCc1cn(-c2ccccc2)nc1-c1ccc(F)cc1. The van der Waals surface area contributed by atoms with Crippen molar-refractivity contribution in [2.75, 3.05) is 0 Å². The second-order valence-corrected chi connectivity index (χ2v) is 8.09. The van der Waals surface area contributed by atoms with Gasteiger partial charge in [0, 0.05) is 42.3 Å². The number of amides is 1. The van der Waals surface area contributed by atoms with Crippen LogP contribution in [0.2, 0.25) is 0 Å². The lowest BCUT2D eigenvalue weighted by atomic mass is 10.1. The molecule has 0 saturated carbocycles. The average molecular weight is 485 g/mol. The first-order valence-corrected chi connectivity index (χ1v) is 11.3. The normalized spacial score (nSPS) is 10.9. The number of nitrogens with zero attached hydrogens (tertiary/aromatic N) is 4. The van der Waals surface area contributed by atoms with Crippen LogP contribution in [0.15, 0.2) is 89.6 Å². The first-order valence-electron chi connectivity index (χ1n) is 11.3. The molecule has 180 valence electrons. The van der Waals surface area contributed by atoms with Crippen LogP contribution in [0.1, 0.15) is 17.9 Å². The van der Waals surface area contributed by atoms with E-state index in [9.17, 15) is 13.6 Å². The molecule has 1 N–H and O–H groups in total. The van der Waals surface area contributed by atoms with Gasteiger partial charge in [-0.15, -0.1) is 0 Å². The van der Waals surface area contributed by atoms with Gasteiger partial charge in [-0.3, -0.25) is 4.79 Å². The Balaban J connectivity index is 1.25. The van der Waals surface area contributed by atoms with Gasteiger partial charge < -0.3 is 9.84 Å². The maximum atomic E-state index is 13.5. The smallest absolute Gasteiger partial charge is 0.227 e. The highest BCUT2D eigenvalue weighted by molar-refractivity contribution is 5.76. The Morgan fingerprint density at radius 2 is 1.56 bits per heavy atom. The summed E-state index contributed by atoms with van der Waals surface area (Å²) in [4.78, 5) is 16.8. The number of aromatic nitrogens is 4. The van der Waals surface area contributed by atoms with Gasteiger partial charge in [-0.2, -0.15) is 10.1 Å². The van der Waals surface area contributed by atoms with Gasteiger partial charge in [-0.05, 0) is 60.7 Å². The Morgan fingerprint density at radius 1 is 0.889 bits per heavy atom. The maximum absolute atomic E-state index is 13.5. The summed E-state index contributed by atoms with van der Waals surface area (Å²) in [6, 6.07) is 21.4. The molecular weight excluding hydrogens is 464 g/mol. The van der Waals surface area contributed by atoms with Crippen LogP contribution < -0.4 is 5.32 Å². The topological polar surface area (TPSA) is 85.8 Å². The minimum absolute atomic E-state index is 0.143. The molecule has 7 nitrogen and oxygen atoms in total. The van der Waals surface area contributed by atoms with Crippen LogP contribution in [-0.4, -0.2) is 25.8 Å². The van der Waals surface area contributed by atoms with Gasteiger partial charge in [-0.1, -0.05) is 23.4 Å². The first-order chi connectivity index (χ1) is 17.5. The lowest BCUT2D eigenvalue weighted by Crippen LogP contribution is -2.23. The molecule has 3 aromatic carbocycles. The minimum Gasteiger partial charge on any atom is -0.352 e. The van der Waals surface area contributed by atoms with Gasteiger partial charge in [-0.25, -0.2) is 13.5 Å². The number of halogens is 2. The molecule has 0 aliphatic heterocycles. The van der Waals surface area contributed by atoms with Crippen molar-refractivity contribution in [3.63, 3.8) is 0 Å². The lowest BCUT2D eigenvalue weighted by Gasteiger charge is -2.05. The third-order valence-electron chi connectivity index (χ3n) is 5.54. The molecule has 9 heteroatoms. The molecule has 0 aliphatic rings. The Bertz CT molecular complexity index is 1460. The zero-order valence-corrected chi connectivity index (χ0v) is 19.1. The highest BCUT2D eigenvalue weighted by Crippen LogP contribution is 2.24. The quantitative estimate of drug-likeness (QED) is 0.330. The number of aryl methyl sites for hydroxylation is 1. The average Bonchev–Trinajstić information content (AvgIpc) is 3.55. The Labute approximate surface area is 205 Å². The molecule has 0 bridgehead atoms. The van der Waals surface area contributed by atoms with Gasteiger partial charge in [0.2, 0.25) is 17.6 Å². The highest BCUT2D eigenvalue weighted by atomic mass is 19.1. The van der Waals surface area contributed by atoms with Crippen LogP contribution >= 0.6 is 0 Å². The van der Waals surface area contributed by atoms with E-state index in [2.05, 4.69) is 20.6 Å². The van der Waals surface area contributed by atoms with Crippen molar-refractivity contribution in [1.29, 1.82) is 0 Å². The summed E-state index contributed by atoms with van der Waals surface area (Å²) in [5.41, 5.74) is 3.68. The monoisotopic (exact) mass is 485 g/mol. The van der Waals surface area contributed by atoms with Gasteiger partial charge in [0.15, 0.2) is 0 Å². The van der Waals surface area contributed by atoms with E-state index in [4.69, 9.17) is 4.52 Å². The molecule has 36 heavy (non-hydrogen) atoms. The van der Waals surface area contributed by atoms with Crippen molar-refractivity contribution in [2.24, 2.45) is 0 Å². The molecule has 0 aliphatic carbocycles. The molecule has 1 amide bonds. The summed E-state index contributed by atoms with van der Waals surface area (Å²) in [6.45, 7) is 0.239. The number of benzene rings is 3. The molecular formula is C27H21F2N5O2. The predicted octanol–water partition coefficient (Wildman–Crippen LogP) is 5.12. The molecule has 0 fully saturated rings. The number of para-hydroxylation sites is 1. The molecule has 5 rings (SSSR count). The standard InChI is InChI=1S/C27H21F2N5O2/c28-21-10-6-18(7-11-21)26-20(17-34(32-26)23-4-2-1-3-5-23)16-30-24(35)14-15-25-31-27(33-36-25)19-8-12-22(29)13-9-19/h1-13,17H,14-16H2,(H,30,35). The Hall–Kier alpha value is -4.66. The number of hydrogen-bond donors (Lipinski definition) is 1. The summed E-state index contributed by atoms with van der Waals surface area (Å²) in [5, 5.41) is 11.5. The van der Waals surface area contributed by atoms with Gasteiger partial charge in [0.1, 0.15) is 11.6 Å². The maximum Gasteiger partial charge on any atom is 0.227 e. The van der Waals surface area contributed by atoms with Crippen molar-refractivity contribution >= 4 is 5.91 Å². The van der Waals surface area contributed by atoms with Crippen molar-refractivity contribution in [3.8, 4) is 28.3 Å². The molecule has 0 unspecified atom stereocenters. The van der Waals surface area contributed by atoms with E-state index in [1.807, 2.05) is 36.5 Å². The summed E-state index contributed by atoms with van der Waals surface area (Å²) < 4.78 is 33.5. The minimum atomic E-state index is -0.351. The van der Waals surface area contributed by atoms with Gasteiger partial charge in [0.05, 0.1) is 11.4 Å². The van der Waals surface area contributed by atoms with Crippen LogP contribution in [-0.2, 0) is 17.8 Å².